The topological polar surface area (TPSA) is 111 Å². The molecule has 0 aliphatic carbocycles. The number of hydrogen-bond donors (Lipinski definition) is 2. The summed E-state index contributed by atoms with van der Waals surface area (Å²) in [6.45, 7) is 2.11. The maximum absolute atomic E-state index is 12.0. The van der Waals surface area contributed by atoms with Gasteiger partial charge in [0.1, 0.15) is 11.8 Å². The van der Waals surface area contributed by atoms with Crippen LogP contribution in [0.25, 0.3) is 0 Å². The molecule has 2 aromatic rings. The lowest BCUT2D eigenvalue weighted by molar-refractivity contribution is -0.684. The number of nitrogens with zero attached hydrogens (tertiary/aromatic N) is 1. The summed E-state index contributed by atoms with van der Waals surface area (Å²) in [6, 6.07) is 7.68. The smallest absolute Gasteiger partial charge is 0.279 e. The number of nitro groups is 1. The fraction of sp³-hybridized carbons (Fsp3) is 0.267. The molecule has 0 spiro atoms. The van der Waals surface area contributed by atoms with Gasteiger partial charge in [-0.1, -0.05) is 0 Å². The van der Waals surface area contributed by atoms with E-state index in [-0.39, 0.29) is 29.9 Å². The molecule has 122 valence electrons. The molecule has 0 unspecified atom stereocenters. The van der Waals surface area contributed by atoms with E-state index in [2.05, 4.69) is 5.32 Å². The quantitative estimate of drug-likeness (QED) is 0.592. The molecule has 1 aromatic carbocycles. The molecular formula is C15H18N3O5+. The van der Waals surface area contributed by atoms with E-state index in [1.54, 1.807) is 12.3 Å². The van der Waals surface area contributed by atoms with Crippen molar-refractivity contribution in [1.29, 1.82) is 0 Å². The van der Waals surface area contributed by atoms with Gasteiger partial charge in [0.25, 0.3) is 11.6 Å². The number of non-ortho nitro benzene ring substituents is 1. The number of furan rings is 1. The number of nitrogens with two attached hydrogens (primary N) is 1. The zero-order chi connectivity index (χ0) is 16.8. The molecule has 0 saturated carbocycles. The lowest BCUT2D eigenvalue weighted by atomic mass is 10.2. The zero-order valence-electron chi connectivity index (χ0n) is 12.8. The van der Waals surface area contributed by atoms with E-state index >= 15 is 0 Å². The summed E-state index contributed by atoms with van der Waals surface area (Å²) in [4.78, 5) is 22.2. The highest BCUT2D eigenvalue weighted by molar-refractivity contribution is 5.93. The molecule has 0 radical (unpaired) electrons. The van der Waals surface area contributed by atoms with Gasteiger partial charge in [0.15, 0.2) is 12.3 Å². The minimum absolute atomic E-state index is 0.00880. The van der Waals surface area contributed by atoms with Crippen molar-refractivity contribution in [3.05, 3.63) is 52.5 Å². The molecule has 1 heterocycles. The van der Waals surface area contributed by atoms with E-state index in [4.69, 9.17) is 9.15 Å². The number of nitro benzene ring substituents is 1. The van der Waals surface area contributed by atoms with Crippen molar-refractivity contribution in [3.8, 4) is 5.75 Å². The van der Waals surface area contributed by atoms with Crippen LogP contribution in [-0.2, 0) is 4.79 Å². The molecule has 0 saturated heterocycles. The summed E-state index contributed by atoms with van der Waals surface area (Å²) in [5, 5.41) is 15.2. The van der Waals surface area contributed by atoms with E-state index in [0.29, 0.717) is 5.69 Å². The molecule has 0 aliphatic rings. The lowest BCUT2D eigenvalue weighted by Gasteiger charge is -2.11. The Balaban J connectivity index is 1.96. The number of ether oxygens (including phenoxy) is 1. The highest BCUT2D eigenvalue weighted by Gasteiger charge is 2.16. The maximum atomic E-state index is 12.0. The molecule has 1 atom stereocenters. The van der Waals surface area contributed by atoms with Crippen molar-refractivity contribution in [2.24, 2.45) is 0 Å². The van der Waals surface area contributed by atoms with Crippen molar-refractivity contribution in [1.82, 2.24) is 0 Å². The molecular weight excluding hydrogens is 302 g/mol. The van der Waals surface area contributed by atoms with Crippen molar-refractivity contribution in [2.75, 3.05) is 19.0 Å². The van der Waals surface area contributed by atoms with Gasteiger partial charge in [0.2, 0.25) is 0 Å². The van der Waals surface area contributed by atoms with Crippen molar-refractivity contribution >= 4 is 17.3 Å². The number of rotatable bonds is 7. The summed E-state index contributed by atoms with van der Waals surface area (Å²) in [5.41, 5.74) is 0.292. The Hall–Kier alpha value is -2.87. The molecule has 8 heteroatoms. The Morgan fingerprint density at radius 2 is 2.26 bits per heavy atom. The van der Waals surface area contributed by atoms with Crippen LogP contribution < -0.4 is 15.4 Å². The van der Waals surface area contributed by atoms with Crippen LogP contribution in [0.2, 0.25) is 0 Å². The Kier molecular flexibility index (Phi) is 5.32. The number of amides is 1. The Bertz CT molecular complexity index is 684. The van der Waals surface area contributed by atoms with Crippen LogP contribution in [0.5, 0.6) is 5.75 Å². The van der Waals surface area contributed by atoms with E-state index in [1.165, 1.54) is 25.3 Å². The van der Waals surface area contributed by atoms with Gasteiger partial charge in [-0.05, 0) is 25.1 Å². The average Bonchev–Trinajstić information content (AvgIpc) is 3.07. The van der Waals surface area contributed by atoms with Crippen LogP contribution in [-0.4, -0.2) is 24.5 Å². The molecule has 1 aromatic heterocycles. The van der Waals surface area contributed by atoms with Gasteiger partial charge in [-0.3, -0.25) is 14.9 Å². The number of methoxy groups -OCH3 is 1. The Labute approximate surface area is 132 Å². The molecule has 23 heavy (non-hydrogen) atoms. The number of carbonyl (C=O) groups is 1. The van der Waals surface area contributed by atoms with Crippen LogP contribution in [0, 0.1) is 10.1 Å². The first-order valence-electron chi connectivity index (χ1n) is 7.00. The average molecular weight is 320 g/mol. The summed E-state index contributed by atoms with van der Waals surface area (Å²) in [7, 11) is 1.39. The maximum Gasteiger partial charge on any atom is 0.279 e. The van der Waals surface area contributed by atoms with E-state index in [1.807, 2.05) is 18.3 Å². The predicted octanol–water partition coefficient (Wildman–Crippen LogP) is 1.46. The van der Waals surface area contributed by atoms with Gasteiger partial charge in [-0.15, -0.1) is 0 Å². The van der Waals surface area contributed by atoms with Gasteiger partial charge in [0, 0.05) is 6.07 Å². The minimum Gasteiger partial charge on any atom is -0.494 e. The molecule has 2 rings (SSSR count). The van der Waals surface area contributed by atoms with Crippen molar-refractivity contribution < 1.29 is 24.2 Å². The molecule has 0 fully saturated rings. The predicted molar refractivity (Wildman–Crippen MR) is 82.2 cm³/mol. The van der Waals surface area contributed by atoms with Gasteiger partial charge >= 0.3 is 0 Å². The number of carbonyl (C=O) groups excluding carboxylic acids is 1. The number of quaternary nitrogens is 1. The Morgan fingerprint density at radius 1 is 1.48 bits per heavy atom. The number of nitrogens with one attached hydrogen (secondary N) is 1. The minimum atomic E-state index is -0.521. The number of anilines is 1. The highest BCUT2D eigenvalue weighted by atomic mass is 16.6. The Morgan fingerprint density at radius 3 is 2.87 bits per heavy atom. The number of hydrogen-bond acceptors (Lipinski definition) is 5. The van der Waals surface area contributed by atoms with Crippen LogP contribution in [0.1, 0.15) is 18.7 Å². The highest BCUT2D eigenvalue weighted by Crippen LogP contribution is 2.28. The van der Waals surface area contributed by atoms with Crippen molar-refractivity contribution in [2.45, 2.75) is 13.0 Å². The second-order valence-corrected chi connectivity index (χ2v) is 4.93. The van der Waals surface area contributed by atoms with E-state index in [9.17, 15) is 14.9 Å². The summed E-state index contributed by atoms with van der Waals surface area (Å²) < 4.78 is 10.3. The molecule has 0 bridgehead atoms. The zero-order valence-corrected chi connectivity index (χ0v) is 12.8. The van der Waals surface area contributed by atoms with Gasteiger partial charge in [-0.25, -0.2) is 0 Å². The monoisotopic (exact) mass is 320 g/mol. The largest absolute Gasteiger partial charge is 0.494 e. The summed E-state index contributed by atoms with van der Waals surface area (Å²) in [5.74, 6) is 0.785. The van der Waals surface area contributed by atoms with Crippen LogP contribution in [0.3, 0.4) is 0 Å². The second-order valence-electron chi connectivity index (χ2n) is 4.93. The third-order valence-electron chi connectivity index (χ3n) is 3.32. The first-order chi connectivity index (χ1) is 11.0. The standard InChI is InChI=1S/C15H17N3O5/c1-10(13-4-3-7-23-13)16-9-15(19)17-12-6-5-11(18(20)21)8-14(12)22-2/h3-8,10,16H,9H2,1-2H3,(H,17,19)/p+1/t10-/m1/s1. The SMILES string of the molecule is COc1cc([N+](=O)[O-])ccc1NC(=O)C[NH2+][C@H](C)c1ccco1. The first-order valence-corrected chi connectivity index (χ1v) is 7.00. The van der Waals surface area contributed by atoms with Gasteiger partial charge in [-0.2, -0.15) is 0 Å². The molecule has 8 nitrogen and oxygen atoms in total. The van der Waals surface area contributed by atoms with Crippen LogP contribution in [0.15, 0.2) is 41.0 Å². The summed E-state index contributed by atoms with van der Waals surface area (Å²) >= 11 is 0. The lowest BCUT2D eigenvalue weighted by Crippen LogP contribution is -2.86. The van der Waals surface area contributed by atoms with E-state index < -0.39 is 4.92 Å². The third-order valence-corrected chi connectivity index (χ3v) is 3.32. The van der Waals surface area contributed by atoms with Crippen molar-refractivity contribution in [3.63, 3.8) is 0 Å². The molecule has 1 amide bonds. The fourth-order valence-corrected chi connectivity index (χ4v) is 2.05. The van der Waals surface area contributed by atoms with Crippen LogP contribution in [0.4, 0.5) is 11.4 Å². The fourth-order valence-electron chi connectivity index (χ4n) is 2.05. The summed E-state index contributed by atoms with van der Waals surface area (Å²) in [6.07, 6.45) is 1.58. The number of benzene rings is 1. The second kappa shape index (κ2) is 7.41. The first kappa shape index (κ1) is 16.5. The van der Waals surface area contributed by atoms with Gasteiger partial charge in [0.05, 0.1) is 30.1 Å². The van der Waals surface area contributed by atoms with Gasteiger partial charge < -0.3 is 19.8 Å². The molecule has 0 aliphatic heterocycles. The molecule has 3 N–H and O–H groups in total. The normalized spacial score (nSPS) is 11.7. The third kappa shape index (κ3) is 4.30. The van der Waals surface area contributed by atoms with E-state index in [0.717, 1.165) is 5.76 Å². The van der Waals surface area contributed by atoms with Crippen LogP contribution >= 0.6 is 0 Å².